The fourth-order valence-electron chi connectivity index (χ4n) is 7.97. The molecule has 0 heterocycles. The van der Waals surface area contributed by atoms with Crippen molar-refractivity contribution in [3.63, 3.8) is 0 Å². The van der Waals surface area contributed by atoms with Crippen molar-refractivity contribution in [1.82, 2.24) is 0 Å². The average Bonchev–Trinajstić information content (AvgIpc) is 3.39. The first-order chi connectivity index (χ1) is 32.7. The maximum absolute atomic E-state index is 8.29. The van der Waals surface area contributed by atoms with E-state index < -0.39 is 0 Å². The third kappa shape index (κ3) is 9.58. The van der Waals surface area contributed by atoms with Crippen LogP contribution in [0, 0.1) is 11.1 Å². The molecule has 0 aliphatic carbocycles. The van der Waals surface area contributed by atoms with Gasteiger partial charge in [0.1, 0.15) is 0 Å². The molecule has 9 aromatic carbocycles. The Hall–Kier alpha value is -9.14. The number of anilines is 10. The summed E-state index contributed by atoms with van der Waals surface area (Å²) in [5, 5.41) is 8.06. The van der Waals surface area contributed by atoms with Gasteiger partial charge in [0.15, 0.2) is 11.6 Å². The third-order valence-electron chi connectivity index (χ3n) is 11.0. The van der Waals surface area contributed by atoms with Crippen LogP contribution in [-0.4, -0.2) is 0 Å². The van der Waals surface area contributed by atoms with Gasteiger partial charge in [0.25, 0.3) is 0 Å². The normalized spacial score (nSPS) is 11.3. The summed E-state index contributed by atoms with van der Waals surface area (Å²) in [5.41, 5.74) is 28.0. The summed E-state index contributed by atoms with van der Waals surface area (Å²) in [7, 11) is 0. The SMILES string of the molecule is N=NC(=Cc1ccc(N(c2ccc(C=C(N=N)N(c3ccccc3)c3ccccc3)cc2)c2ccc(N(c3ccccc3)c3ccccc3)cc2)cc1)N(c1ccccc1)c1ccccc1. The maximum Gasteiger partial charge on any atom is 0.160 e. The molecule has 8 nitrogen and oxygen atoms in total. The smallest absolute Gasteiger partial charge is 0.160 e. The van der Waals surface area contributed by atoms with E-state index in [2.05, 4.69) is 141 Å². The van der Waals surface area contributed by atoms with E-state index in [-0.39, 0.29) is 0 Å². The number of benzene rings is 9. The van der Waals surface area contributed by atoms with E-state index >= 15 is 0 Å². The zero-order valence-corrected chi connectivity index (χ0v) is 36.1. The van der Waals surface area contributed by atoms with Gasteiger partial charge in [-0.2, -0.15) is 0 Å². The third-order valence-corrected chi connectivity index (χ3v) is 11.0. The van der Waals surface area contributed by atoms with Crippen LogP contribution in [0.1, 0.15) is 11.1 Å². The first-order valence-corrected chi connectivity index (χ1v) is 21.7. The van der Waals surface area contributed by atoms with Crippen molar-refractivity contribution in [2.24, 2.45) is 10.2 Å². The Bertz CT molecular complexity index is 2750. The number of hydrogen-bond donors (Lipinski definition) is 2. The molecule has 0 atom stereocenters. The zero-order valence-electron chi connectivity index (χ0n) is 36.1. The molecule has 0 aliphatic rings. The molecule has 9 rings (SSSR count). The van der Waals surface area contributed by atoms with Gasteiger partial charge in [0, 0.05) is 56.9 Å². The Kier molecular flexibility index (Phi) is 13.0. The lowest BCUT2D eigenvalue weighted by Crippen LogP contribution is -2.14. The Balaban J connectivity index is 1.10. The van der Waals surface area contributed by atoms with E-state index in [1.54, 1.807) is 0 Å². The molecule has 0 amide bonds. The molecule has 0 saturated carbocycles. The largest absolute Gasteiger partial charge is 0.311 e. The topological polar surface area (TPSA) is 85.4 Å². The Morgan fingerprint density at radius 1 is 0.258 bits per heavy atom. The predicted octanol–water partition coefficient (Wildman–Crippen LogP) is 17.0. The molecule has 66 heavy (non-hydrogen) atoms. The van der Waals surface area contributed by atoms with Gasteiger partial charge in [-0.05, 0) is 145 Å². The molecular formula is C58H46N8. The standard InChI is InChI=1S/C58H46N8/c59-61-57(65(49-23-11-3-12-24-49)50-25-13-4-14-26-50)43-45-31-35-53(36-32-45)64(56-41-39-55(40-42-56)63(47-19-7-1-8-20-47)48-21-9-2-10-22-48)54-37-33-46(34-38-54)44-58(62-60)66(51-27-15-5-16-28-51)52-29-17-6-18-30-52/h1-44,59-60H. The van der Waals surface area contributed by atoms with Crippen molar-refractivity contribution in [3.05, 3.63) is 278 Å². The average molecular weight is 855 g/mol. The molecule has 0 saturated heterocycles. The molecule has 9 aromatic rings. The second kappa shape index (κ2) is 20.4. The van der Waals surface area contributed by atoms with Gasteiger partial charge in [-0.25, -0.2) is 11.1 Å². The Labute approximate surface area is 385 Å². The first-order valence-electron chi connectivity index (χ1n) is 21.7. The summed E-state index contributed by atoms with van der Waals surface area (Å²) < 4.78 is 0. The molecule has 0 unspecified atom stereocenters. The quantitative estimate of drug-likeness (QED) is 0.0948. The molecule has 0 aliphatic heterocycles. The molecule has 8 heteroatoms. The van der Waals surface area contributed by atoms with Crippen molar-refractivity contribution in [3.8, 4) is 0 Å². The van der Waals surface area contributed by atoms with Crippen LogP contribution in [-0.2, 0) is 0 Å². The molecule has 2 N–H and O–H groups in total. The van der Waals surface area contributed by atoms with Crippen LogP contribution in [0.15, 0.2) is 277 Å². The van der Waals surface area contributed by atoms with E-state index in [1.165, 1.54) is 0 Å². The Morgan fingerprint density at radius 2 is 0.455 bits per heavy atom. The van der Waals surface area contributed by atoms with Gasteiger partial charge in [0.05, 0.1) is 0 Å². The monoisotopic (exact) mass is 854 g/mol. The zero-order chi connectivity index (χ0) is 44.9. The van der Waals surface area contributed by atoms with Crippen LogP contribution in [0.3, 0.4) is 0 Å². The summed E-state index contributed by atoms with van der Waals surface area (Å²) in [4.78, 5) is 8.45. The van der Waals surface area contributed by atoms with Crippen LogP contribution in [0.4, 0.5) is 56.9 Å². The first kappa shape index (κ1) is 42.2. The number of nitrogens with zero attached hydrogens (tertiary/aromatic N) is 6. The van der Waals surface area contributed by atoms with Crippen LogP contribution in [0.25, 0.3) is 12.2 Å². The van der Waals surface area contributed by atoms with Crippen molar-refractivity contribution in [2.75, 3.05) is 19.6 Å². The molecule has 0 radical (unpaired) electrons. The second-order valence-corrected chi connectivity index (χ2v) is 15.3. The highest BCUT2D eigenvalue weighted by atomic mass is 15.3. The van der Waals surface area contributed by atoms with Crippen molar-refractivity contribution >= 4 is 69.0 Å². The van der Waals surface area contributed by atoms with Gasteiger partial charge in [0.2, 0.25) is 0 Å². The van der Waals surface area contributed by atoms with Crippen molar-refractivity contribution in [2.45, 2.75) is 0 Å². The van der Waals surface area contributed by atoms with Gasteiger partial charge in [-0.15, -0.1) is 10.2 Å². The number of hydrogen-bond acceptors (Lipinski definition) is 8. The summed E-state index contributed by atoms with van der Waals surface area (Å²) in [6.07, 6.45) is 3.86. The summed E-state index contributed by atoms with van der Waals surface area (Å²) >= 11 is 0. The van der Waals surface area contributed by atoms with Gasteiger partial charge in [-0.3, -0.25) is 9.80 Å². The summed E-state index contributed by atoms with van der Waals surface area (Å²) in [6, 6.07) is 86.0. The van der Waals surface area contributed by atoms with Crippen LogP contribution in [0.2, 0.25) is 0 Å². The molecule has 318 valence electrons. The highest BCUT2D eigenvalue weighted by Gasteiger charge is 2.19. The van der Waals surface area contributed by atoms with Gasteiger partial charge < -0.3 is 9.80 Å². The lowest BCUT2D eigenvalue weighted by molar-refractivity contribution is 1.00. The molecule has 0 fully saturated rings. The lowest BCUT2D eigenvalue weighted by Gasteiger charge is -2.28. The predicted molar refractivity (Wildman–Crippen MR) is 272 cm³/mol. The molecular weight excluding hydrogens is 809 g/mol. The summed E-state index contributed by atoms with van der Waals surface area (Å²) in [5.74, 6) is 0.962. The minimum atomic E-state index is 0.481. The minimum Gasteiger partial charge on any atom is -0.311 e. The number of para-hydroxylation sites is 6. The lowest BCUT2D eigenvalue weighted by atomic mass is 10.1. The number of rotatable bonds is 16. The fraction of sp³-hybridized carbons (Fsp3) is 0. The maximum atomic E-state index is 8.29. The highest BCUT2D eigenvalue weighted by Crippen LogP contribution is 2.40. The fourth-order valence-corrected chi connectivity index (χ4v) is 7.97. The van der Waals surface area contributed by atoms with E-state index in [0.717, 1.165) is 68.0 Å². The molecule has 0 bridgehead atoms. The van der Waals surface area contributed by atoms with Crippen LogP contribution < -0.4 is 19.6 Å². The number of nitrogens with one attached hydrogen (secondary N) is 2. The Morgan fingerprint density at radius 3 is 0.682 bits per heavy atom. The summed E-state index contributed by atoms with van der Waals surface area (Å²) in [6.45, 7) is 0. The van der Waals surface area contributed by atoms with E-state index in [1.807, 2.05) is 155 Å². The van der Waals surface area contributed by atoms with Crippen LogP contribution in [0.5, 0.6) is 0 Å². The molecule has 0 aromatic heterocycles. The van der Waals surface area contributed by atoms with Crippen molar-refractivity contribution < 1.29 is 0 Å². The van der Waals surface area contributed by atoms with E-state index in [4.69, 9.17) is 11.1 Å². The van der Waals surface area contributed by atoms with Gasteiger partial charge in [-0.1, -0.05) is 133 Å². The molecule has 0 spiro atoms. The van der Waals surface area contributed by atoms with Crippen LogP contribution >= 0.6 is 0 Å². The van der Waals surface area contributed by atoms with E-state index in [9.17, 15) is 0 Å². The highest BCUT2D eigenvalue weighted by molar-refractivity contribution is 5.82. The van der Waals surface area contributed by atoms with E-state index in [0.29, 0.717) is 11.6 Å². The second-order valence-electron chi connectivity index (χ2n) is 15.3. The van der Waals surface area contributed by atoms with Crippen molar-refractivity contribution in [1.29, 1.82) is 11.1 Å². The van der Waals surface area contributed by atoms with Gasteiger partial charge >= 0.3 is 0 Å². The minimum absolute atomic E-state index is 0.481.